The van der Waals surface area contributed by atoms with E-state index in [4.69, 9.17) is 4.42 Å². The Morgan fingerprint density at radius 3 is 3.05 bits per heavy atom. The zero-order chi connectivity index (χ0) is 14.2. The summed E-state index contributed by atoms with van der Waals surface area (Å²) in [5.74, 6) is 0.781. The molecule has 0 saturated carbocycles. The molecule has 106 valence electrons. The number of aromatic nitrogens is 1. The predicted octanol–water partition coefficient (Wildman–Crippen LogP) is 2.21. The first-order valence-corrected chi connectivity index (χ1v) is 6.99. The summed E-state index contributed by atoms with van der Waals surface area (Å²) in [4.78, 5) is 20.5. The van der Waals surface area contributed by atoms with E-state index in [-0.39, 0.29) is 5.78 Å². The van der Waals surface area contributed by atoms with Gasteiger partial charge >= 0.3 is 6.01 Å². The van der Waals surface area contributed by atoms with Crippen molar-refractivity contribution in [2.75, 3.05) is 11.9 Å². The van der Waals surface area contributed by atoms with Crippen LogP contribution in [-0.4, -0.2) is 23.3 Å². The van der Waals surface area contributed by atoms with Crippen molar-refractivity contribution < 1.29 is 9.21 Å². The number of aliphatic imine (C=N–C) groups is 1. The van der Waals surface area contributed by atoms with E-state index in [2.05, 4.69) is 20.6 Å². The molecule has 1 aliphatic heterocycles. The number of hydrogen-bond acceptors (Lipinski definition) is 6. The molecule has 0 unspecified atom stereocenters. The molecule has 6 nitrogen and oxygen atoms in total. The molecule has 0 atom stereocenters. The van der Waals surface area contributed by atoms with Crippen LogP contribution < -0.4 is 10.6 Å². The summed E-state index contributed by atoms with van der Waals surface area (Å²) >= 11 is 0. The molecule has 0 bridgehead atoms. The van der Waals surface area contributed by atoms with Gasteiger partial charge in [-0.1, -0.05) is 12.1 Å². The third kappa shape index (κ3) is 2.18. The van der Waals surface area contributed by atoms with Gasteiger partial charge in [-0.3, -0.25) is 10.1 Å². The highest BCUT2D eigenvalue weighted by atomic mass is 16.4. The van der Waals surface area contributed by atoms with Crippen molar-refractivity contribution in [2.24, 2.45) is 4.99 Å². The molecule has 1 aliphatic carbocycles. The zero-order valence-electron chi connectivity index (χ0n) is 11.3. The van der Waals surface area contributed by atoms with Crippen LogP contribution in [0, 0.1) is 0 Å². The number of ketones is 1. The van der Waals surface area contributed by atoms with Gasteiger partial charge in [0.25, 0.3) is 0 Å². The largest absolute Gasteiger partial charge is 0.423 e. The molecule has 0 saturated heterocycles. The van der Waals surface area contributed by atoms with Crippen LogP contribution in [0.3, 0.4) is 0 Å². The molecule has 2 aliphatic rings. The Morgan fingerprint density at radius 2 is 2.14 bits per heavy atom. The van der Waals surface area contributed by atoms with Gasteiger partial charge in [0.2, 0.25) is 5.96 Å². The van der Waals surface area contributed by atoms with Gasteiger partial charge < -0.3 is 9.73 Å². The Hall–Kier alpha value is -2.63. The van der Waals surface area contributed by atoms with E-state index < -0.39 is 0 Å². The van der Waals surface area contributed by atoms with Crippen molar-refractivity contribution in [3.05, 3.63) is 35.5 Å². The maximum absolute atomic E-state index is 11.8. The summed E-state index contributed by atoms with van der Waals surface area (Å²) in [7, 11) is 0. The maximum atomic E-state index is 11.8. The highest BCUT2D eigenvalue weighted by molar-refractivity contribution is 6.02. The van der Waals surface area contributed by atoms with Crippen molar-refractivity contribution in [1.29, 1.82) is 0 Å². The van der Waals surface area contributed by atoms with E-state index in [1.54, 1.807) is 0 Å². The number of oxazole rings is 1. The minimum Gasteiger partial charge on any atom is -0.423 e. The van der Waals surface area contributed by atoms with E-state index in [0.29, 0.717) is 24.9 Å². The number of para-hydroxylation sites is 2. The van der Waals surface area contributed by atoms with Crippen LogP contribution in [0.5, 0.6) is 0 Å². The quantitative estimate of drug-likeness (QED) is 0.838. The van der Waals surface area contributed by atoms with Gasteiger partial charge in [0.05, 0.1) is 6.54 Å². The van der Waals surface area contributed by atoms with Gasteiger partial charge in [0, 0.05) is 17.7 Å². The van der Waals surface area contributed by atoms with Gasteiger partial charge in [-0.25, -0.2) is 4.99 Å². The highest BCUT2D eigenvalue weighted by Gasteiger charge is 2.24. The van der Waals surface area contributed by atoms with E-state index in [1.165, 1.54) is 0 Å². The number of nitrogens with one attached hydrogen (secondary N) is 2. The topological polar surface area (TPSA) is 79.5 Å². The van der Waals surface area contributed by atoms with Gasteiger partial charge in [0.15, 0.2) is 11.4 Å². The number of carbonyl (C=O) groups excluding carboxylic acids is 1. The molecular weight excluding hydrogens is 268 g/mol. The average Bonchev–Trinajstić information content (AvgIpc) is 2.89. The van der Waals surface area contributed by atoms with Crippen molar-refractivity contribution in [3.8, 4) is 0 Å². The molecule has 1 aromatic carbocycles. The first-order chi connectivity index (χ1) is 10.3. The first-order valence-electron chi connectivity index (χ1n) is 6.99. The van der Waals surface area contributed by atoms with Gasteiger partial charge in [-0.2, -0.15) is 4.98 Å². The molecule has 0 radical (unpaired) electrons. The smallest absolute Gasteiger partial charge is 0.302 e. The van der Waals surface area contributed by atoms with Crippen molar-refractivity contribution in [3.63, 3.8) is 0 Å². The number of Topliss-reactive ketones (excluding diaryl/α,β-unsaturated/α-hetero) is 1. The van der Waals surface area contributed by atoms with Gasteiger partial charge in [0.1, 0.15) is 5.52 Å². The van der Waals surface area contributed by atoms with Crippen LogP contribution in [0.25, 0.3) is 11.1 Å². The van der Waals surface area contributed by atoms with Crippen LogP contribution in [0.2, 0.25) is 0 Å². The lowest BCUT2D eigenvalue weighted by Crippen LogP contribution is -2.37. The van der Waals surface area contributed by atoms with Crippen LogP contribution in [0.15, 0.2) is 44.9 Å². The minimum atomic E-state index is 0.202. The minimum absolute atomic E-state index is 0.202. The number of hydrogen-bond donors (Lipinski definition) is 2. The number of allylic oxidation sites excluding steroid dienone is 1. The van der Waals surface area contributed by atoms with Crippen molar-refractivity contribution in [1.82, 2.24) is 10.3 Å². The lowest BCUT2D eigenvalue weighted by atomic mass is 9.94. The average molecular weight is 282 g/mol. The molecule has 21 heavy (non-hydrogen) atoms. The molecular formula is C15H14N4O2. The van der Waals surface area contributed by atoms with E-state index in [0.717, 1.165) is 35.2 Å². The lowest BCUT2D eigenvalue weighted by Gasteiger charge is -2.24. The van der Waals surface area contributed by atoms with E-state index in [9.17, 15) is 4.79 Å². The first kappa shape index (κ1) is 12.1. The molecule has 2 aromatic rings. The molecule has 2 N–H and O–H groups in total. The second kappa shape index (κ2) is 4.73. The summed E-state index contributed by atoms with van der Waals surface area (Å²) in [6.45, 7) is 0.420. The van der Waals surface area contributed by atoms with Crippen LogP contribution in [-0.2, 0) is 4.79 Å². The fraction of sp³-hybridized carbons (Fsp3) is 0.267. The molecule has 6 heteroatoms. The van der Waals surface area contributed by atoms with Crippen LogP contribution in [0.1, 0.15) is 19.3 Å². The Morgan fingerprint density at radius 1 is 1.24 bits per heavy atom. The molecule has 0 spiro atoms. The van der Waals surface area contributed by atoms with Crippen molar-refractivity contribution >= 4 is 28.9 Å². The van der Waals surface area contributed by atoms with E-state index >= 15 is 0 Å². The summed E-state index contributed by atoms with van der Waals surface area (Å²) < 4.78 is 5.60. The normalized spacial score (nSPS) is 18.3. The Bertz CT molecular complexity index is 755. The Kier molecular flexibility index (Phi) is 2.73. The SMILES string of the molecule is O=C1CCCC2=C1CN=C(Nc1nc3ccccc3o1)N2. The summed E-state index contributed by atoms with van der Waals surface area (Å²) in [6, 6.07) is 7.97. The molecule has 0 amide bonds. The standard InChI is InChI=1S/C15H14N4O2/c20-12-6-3-5-10-9(12)8-16-14(17-10)19-15-18-11-4-1-2-7-13(11)21-15/h1-2,4,7H,3,5-6,8H2,(H2,16,17,18,19). The number of anilines is 1. The number of carbonyl (C=O) groups is 1. The molecule has 2 heterocycles. The van der Waals surface area contributed by atoms with Gasteiger partial charge in [-0.05, 0) is 25.0 Å². The summed E-state index contributed by atoms with van der Waals surface area (Å²) in [5.41, 5.74) is 3.30. The molecule has 0 fully saturated rings. The fourth-order valence-electron chi connectivity index (χ4n) is 2.66. The predicted molar refractivity (Wildman–Crippen MR) is 79.0 cm³/mol. The monoisotopic (exact) mass is 282 g/mol. The fourth-order valence-corrected chi connectivity index (χ4v) is 2.66. The van der Waals surface area contributed by atoms with Crippen molar-refractivity contribution in [2.45, 2.75) is 19.3 Å². The summed E-state index contributed by atoms with van der Waals surface area (Å²) in [6.07, 6.45) is 2.40. The number of fused-ring (bicyclic) bond motifs is 1. The number of rotatable bonds is 1. The van der Waals surface area contributed by atoms with Crippen LogP contribution >= 0.6 is 0 Å². The second-order valence-electron chi connectivity index (χ2n) is 5.14. The maximum Gasteiger partial charge on any atom is 0.302 e. The third-order valence-corrected chi connectivity index (χ3v) is 3.72. The number of nitrogens with zero attached hydrogens (tertiary/aromatic N) is 2. The molecule has 4 rings (SSSR count). The number of benzene rings is 1. The third-order valence-electron chi connectivity index (χ3n) is 3.72. The van der Waals surface area contributed by atoms with Crippen LogP contribution in [0.4, 0.5) is 6.01 Å². The lowest BCUT2D eigenvalue weighted by molar-refractivity contribution is -0.116. The Balaban J connectivity index is 1.54. The summed E-state index contributed by atoms with van der Waals surface area (Å²) in [5, 5.41) is 6.21. The second-order valence-corrected chi connectivity index (χ2v) is 5.14. The Labute approximate surface area is 121 Å². The zero-order valence-corrected chi connectivity index (χ0v) is 11.3. The van der Waals surface area contributed by atoms with Gasteiger partial charge in [-0.15, -0.1) is 0 Å². The van der Waals surface area contributed by atoms with E-state index in [1.807, 2.05) is 24.3 Å². The number of guanidine groups is 1. The highest BCUT2D eigenvalue weighted by Crippen LogP contribution is 2.23. The molecule has 1 aromatic heterocycles.